The van der Waals surface area contributed by atoms with E-state index >= 15 is 0 Å². The molecule has 2 rings (SSSR count). The Bertz CT molecular complexity index is 561. The molecule has 0 atom stereocenters. The van der Waals surface area contributed by atoms with E-state index < -0.39 is 5.97 Å². The molecule has 0 fully saturated rings. The number of carbonyl (C=O) groups excluding carboxylic acids is 1. The van der Waals surface area contributed by atoms with E-state index in [0.29, 0.717) is 12.1 Å². The highest BCUT2D eigenvalue weighted by atomic mass is 16.4. The molecule has 2 N–H and O–H groups in total. The lowest BCUT2D eigenvalue weighted by atomic mass is 9.99. The number of benzene rings is 1. The monoisotopic (exact) mass is 290 g/mol. The molecule has 0 spiro atoms. The first-order chi connectivity index (χ1) is 9.76. The van der Waals surface area contributed by atoms with Gasteiger partial charge in [-0.15, -0.1) is 0 Å². The summed E-state index contributed by atoms with van der Waals surface area (Å²) >= 11 is 0. The number of nitrogens with one attached hydrogen (secondary N) is 1. The van der Waals surface area contributed by atoms with Gasteiger partial charge in [0.1, 0.15) is 0 Å². The van der Waals surface area contributed by atoms with Crippen molar-refractivity contribution in [1.29, 1.82) is 0 Å². The minimum atomic E-state index is -0.916. The van der Waals surface area contributed by atoms with E-state index in [0.717, 1.165) is 30.6 Å². The quantitative estimate of drug-likeness (QED) is 0.894. The van der Waals surface area contributed by atoms with Gasteiger partial charge in [-0.2, -0.15) is 0 Å². The van der Waals surface area contributed by atoms with Crippen molar-refractivity contribution in [3.63, 3.8) is 0 Å². The van der Waals surface area contributed by atoms with Gasteiger partial charge in [0, 0.05) is 17.8 Å². The molecular weight excluding hydrogens is 268 g/mol. The van der Waals surface area contributed by atoms with Crippen molar-refractivity contribution < 1.29 is 14.7 Å². The fraction of sp³-hybridized carbons (Fsp3) is 0.500. The molecule has 1 aromatic carbocycles. The van der Waals surface area contributed by atoms with Gasteiger partial charge in [-0.3, -0.25) is 4.79 Å². The summed E-state index contributed by atoms with van der Waals surface area (Å²) in [6.45, 7) is 6.98. The molecule has 1 aliphatic heterocycles. The fourth-order valence-corrected chi connectivity index (χ4v) is 2.60. The van der Waals surface area contributed by atoms with Crippen LogP contribution in [0.25, 0.3) is 0 Å². The van der Waals surface area contributed by atoms with E-state index in [-0.39, 0.29) is 11.4 Å². The summed E-state index contributed by atoms with van der Waals surface area (Å²) < 4.78 is 0. The summed E-state index contributed by atoms with van der Waals surface area (Å²) in [6.07, 6.45) is 1.78. The highest BCUT2D eigenvalue weighted by Crippen LogP contribution is 2.27. The van der Waals surface area contributed by atoms with E-state index in [1.54, 1.807) is 12.1 Å². The van der Waals surface area contributed by atoms with Crippen LogP contribution < -0.4 is 10.2 Å². The lowest BCUT2D eigenvalue weighted by molar-refractivity contribution is -0.121. The first-order valence-electron chi connectivity index (χ1n) is 7.18. The van der Waals surface area contributed by atoms with Crippen molar-refractivity contribution in [3.05, 3.63) is 29.3 Å². The summed E-state index contributed by atoms with van der Waals surface area (Å²) in [5, 5.41) is 12.0. The standard InChI is InChI=1S/C16H22N2O3/c1-16(2,3)17-14(19)10-18-8-4-5-11-9-12(15(20)21)6-7-13(11)18/h6-7,9H,4-5,8,10H2,1-3H3,(H,17,19)(H,20,21). The number of amides is 1. The first-order valence-corrected chi connectivity index (χ1v) is 7.18. The molecule has 1 aromatic rings. The second-order valence-corrected chi connectivity index (χ2v) is 6.47. The number of nitrogens with zero attached hydrogens (tertiary/aromatic N) is 1. The summed E-state index contributed by atoms with van der Waals surface area (Å²) in [5.74, 6) is -0.932. The molecule has 0 aliphatic carbocycles. The molecule has 0 saturated carbocycles. The Balaban J connectivity index is 2.15. The predicted octanol–water partition coefficient (Wildman–Crippen LogP) is 2.05. The third-order valence-corrected chi connectivity index (χ3v) is 3.39. The number of hydrogen-bond donors (Lipinski definition) is 2. The number of carbonyl (C=O) groups is 2. The van der Waals surface area contributed by atoms with Gasteiger partial charge in [0.05, 0.1) is 12.1 Å². The molecule has 0 bridgehead atoms. The van der Waals surface area contributed by atoms with E-state index in [4.69, 9.17) is 5.11 Å². The van der Waals surface area contributed by atoms with Crippen LogP contribution in [0, 0.1) is 0 Å². The van der Waals surface area contributed by atoms with Crippen LogP contribution in [0.1, 0.15) is 43.1 Å². The van der Waals surface area contributed by atoms with Gasteiger partial charge in [0.15, 0.2) is 0 Å². The van der Waals surface area contributed by atoms with Crippen LogP contribution in [-0.2, 0) is 11.2 Å². The van der Waals surface area contributed by atoms with Crippen molar-refractivity contribution in [1.82, 2.24) is 5.32 Å². The van der Waals surface area contributed by atoms with Crippen molar-refractivity contribution in [2.45, 2.75) is 39.2 Å². The van der Waals surface area contributed by atoms with Crippen LogP contribution in [0.5, 0.6) is 0 Å². The summed E-state index contributed by atoms with van der Waals surface area (Å²) in [4.78, 5) is 25.1. The summed E-state index contributed by atoms with van der Waals surface area (Å²) in [6, 6.07) is 5.12. The van der Waals surface area contributed by atoms with Crippen molar-refractivity contribution in [3.8, 4) is 0 Å². The third kappa shape index (κ3) is 3.97. The molecule has 5 heteroatoms. The van der Waals surface area contributed by atoms with Crippen LogP contribution in [0.4, 0.5) is 5.69 Å². The Kier molecular flexibility index (Phi) is 4.21. The van der Waals surface area contributed by atoms with Crippen molar-refractivity contribution >= 4 is 17.6 Å². The number of aromatic carboxylic acids is 1. The van der Waals surface area contributed by atoms with Gasteiger partial charge < -0.3 is 15.3 Å². The number of fused-ring (bicyclic) bond motifs is 1. The normalized spacial score (nSPS) is 14.5. The van der Waals surface area contributed by atoms with Crippen LogP contribution in [0.3, 0.4) is 0 Å². The molecule has 1 heterocycles. The van der Waals surface area contributed by atoms with Gasteiger partial charge >= 0.3 is 5.97 Å². The number of carboxylic acids is 1. The second kappa shape index (κ2) is 5.76. The Hall–Kier alpha value is -2.04. The molecule has 0 saturated heterocycles. The van der Waals surface area contributed by atoms with E-state index in [9.17, 15) is 9.59 Å². The smallest absolute Gasteiger partial charge is 0.335 e. The molecule has 114 valence electrons. The molecular formula is C16H22N2O3. The maximum Gasteiger partial charge on any atom is 0.335 e. The van der Waals surface area contributed by atoms with E-state index in [1.165, 1.54) is 0 Å². The highest BCUT2D eigenvalue weighted by molar-refractivity contribution is 5.89. The van der Waals surface area contributed by atoms with E-state index in [1.807, 2.05) is 31.7 Å². The number of carboxylic acid groups (broad SMARTS) is 1. The SMILES string of the molecule is CC(C)(C)NC(=O)CN1CCCc2cc(C(=O)O)ccc21. The zero-order chi connectivity index (χ0) is 15.6. The number of anilines is 1. The Morgan fingerprint density at radius 2 is 2.05 bits per heavy atom. The largest absolute Gasteiger partial charge is 0.478 e. The van der Waals surface area contributed by atoms with Crippen LogP contribution >= 0.6 is 0 Å². The topological polar surface area (TPSA) is 69.6 Å². The van der Waals surface area contributed by atoms with Gasteiger partial charge in [0.25, 0.3) is 0 Å². The molecule has 1 aliphatic rings. The number of rotatable bonds is 3. The minimum absolute atomic E-state index is 0.0161. The zero-order valence-corrected chi connectivity index (χ0v) is 12.8. The second-order valence-electron chi connectivity index (χ2n) is 6.47. The number of aryl methyl sites for hydroxylation is 1. The number of hydrogen-bond acceptors (Lipinski definition) is 3. The van der Waals surface area contributed by atoms with Gasteiger partial charge in [0.2, 0.25) is 5.91 Å². The zero-order valence-electron chi connectivity index (χ0n) is 12.8. The van der Waals surface area contributed by atoms with Crippen molar-refractivity contribution in [2.24, 2.45) is 0 Å². The van der Waals surface area contributed by atoms with Crippen LogP contribution in [0.15, 0.2) is 18.2 Å². The Morgan fingerprint density at radius 3 is 2.67 bits per heavy atom. The molecule has 0 aromatic heterocycles. The van der Waals surface area contributed by atoms with Gasteiger partial charge in [-0.25, -0.2) is 4.79 Å². The first kappa shape index (κ1) is 15.4. The van der Waals surface area contributed by atoms with Gasteiger partial charge in [-0.05, 0) is 57.4 Å². The predicted molar refractivity (Wildman–Crippen MR) is 81.8 cm³/mol. The summed E-state index contributed by atoms with van der Waals surface area (Å²) in [5.41, 5.74) is 2.03. The Labute approximate surface area is 125 Å². The third-order valence-electron chi connectivity index (χ3n) is 3.39. The molecule has 0 unspecified atom stereocenters. The van der Waals surface area contributed by atoms with Gasteiger partial charge in [-0.1, -0.05) is 0 Å². The maximum absolute atomic E-state index is 12.1. The highest BCUT2D eigenvalue weighted by Gasteiger charge is 2.22. The average molecular weight is 290 g/mol. The van der Waals surface area contributed by atoms with Crippen LogP contribution in [-0.4, -0.2) is 35.6 Å². The molecule has 5 nitrogen and oxygen atoms in total. The van der Waals surface area contributed by atoms with Crippen LogP contribution in [0.2, 0.25) is 0 Å². The molecule has 1 amide bonds. The molecule has 21 heavy (non-hydrogen) atoms. The maximum atomic E-state index is 12.1. The fourth-order valence-electron chi connectivity index (χ4n) is 2.60. The average Bonchev–Trinajstić information content (AvgIpc) is 2.36. The summed E-state index contributed by atoms with van der Waals surface area (Å²) in [7, 11) is 0. The minimum Gasteiger partial charge on any atom is -0.478 e. The lowest BCUT2D eigenvalue weighted by Gasteiger charge is -2.32. The lowest BCUT2D eigenvalue weighted by Crippen LogP contribution is -2.47. The van der Waals surface area contributed by atoms with Crippen molar-refractivity contribution in [2.75, 3.05) is 18.0 Å². The van der Waals surface area contributed by atoms with E-state index in [2.05, 4.69) is 5.32 Å². The molecule has 0 radical (unpaired) electrons. The Morgan fingerprint density at radius 1 is 1.33 bits per heavy atom.